The van der Waals surface area contributed by atoms with Crippen LogP contribution in [0.1, 0.15) is 27.9 Å². The number of anilines is 1. The average Bonchev–Trinajstić information content (AvgIpc) is 3.22. The monoisotopic (exact) mass is 451 g/mol. The van der Waals surface area contributed by atoms with Crippen LogP contribution >= 0.6 is 0 Å². The number of hydrogen-bond donors (Lipinski definition) is 1. The molecule has 2 aromatic heterocycles. The molecule has 0 aliphatic carbocycles. The molecule has 0 fully saturated rings. The topological polar surface area (TPSA) is 96.7 Å². The molecule has 0 bridgehead atoms. The largest absolute Gasteiger partial charge is 0.308 e. The zero-order valence-electron chi connectivity index (χ0n) is 18.4. The van der Waals surface area contributed by atoms with Crippen LogP contribution < -0.4 is 15.9 Å². The lowest BCUT2D eigenvalue weighted by atomic mass is 10.1. The molecule has 0 unspecified atom stereocenters. The van der Waals surface area contributed by atoms with E-state index in [-0.39, 0.29) is 30.3 Å². The van der Waals surface area contributed by atoms with Gasteiger partial charge in [0.1, 0.15) is 17.0 Å². The average molecular weight is 451 g/mol. The maximum absolute atomic E-state index is 13.4. The van der Waals surface area contributed by atoms with Crippen LogP contribution in [0.4, 0.5) is 5.69 Å². The number of para-hydroxylation sites is 1. The summed E-state index contributed by atoms with van der Waals surface area (Å²) >= 11 is 0. The zero-order chi connectivity index (χ0) is 23.7. The van der Waals surface area contributed by atoms with Crippen LogP contribution in [-0.4, -0.2) is 27.2 Å². The summed E-state index contributed by atoms with van der Waals surface area (Å²) in [5.41, 5.74) is 2.63. The lowest BCUT2D eigenvalue weighted by Crippen LogP contribution is -2.36. The maximum atomic E-state index is 13.4. The van der Waals surface area contributed by atoms with E-state index < -0.39 is 11.5 Å². The number of nitrogens with one attached hydrogen (secondary N) is 1. The van der Waals surface area contributed by atoms with Crippen molar-refractivity contribution in [3.63, 3.8) is 0 Å². The standard InChI is InChI=1S/C26H21N5O3/c1-17-9-11-18(12-10-17)16-30-24-19(6-5-13-27-24)14-21(26(30)34)25(33)28-22-15-23(32)31(29-22)20-7-3-2-4-8-20/h2-14H,15-16H2,1H3,(H,28,29,33). The Bertz CT molecular complexity index is 1490. The smallest absolute Gasteiger partial charge is 0.265 e. The van der Waals surface area contributed by atoms with Crippen molar-refractivity contribution in [2.45, 2.75) is 19.9 Å². The van der Waals surface area contributed by atoms with Crippen LogP contribution in [0, 0.1) is 6.92 Å². The minimum absolute atomic E-state index is 0.0408. The van der Waals surface area contributed by atoms with Crippen LogP contribution in [0.2, 0.25) is 0 Å². The van der Waals surface area contributed by atoms with Crippen molar-refractivity contribution in [2.24, 2.45) is 5.10 Å². The number of amides is 2. The number of amidine groups is 1. The third-order valence-electron chi connectivity index (χ3n) is 5.59. The van der Waals surface area contributed by atoms with E-state index in [0.717, 1.165) is 11.1 Å². The minimum Gasteiger partial charge on any atom is -0.308 e. The van der Waals surface area contributed by atoms with E-state index in [2.05, 4.69) is 15.4 Å². The van der Waals surface area contributed by atoms with Gasteiger partial charge in [-0.25, -0.2) is 4.98 Å². The van der Waals surface area contributed by atoms with E-state index in [1.54, 1.807) is 42.6 Å². The fourth-order valence-corrected chi connectivity index (χ4v) is 3.86. The highest BCUT2D eigenvalue weighted by Gasteiger charge is 2.27. The van der Waals surface area contributed by atoms with Gasteiger partial charge in [-0.15, -0.1) is 0 Å². The highest BCUT2D eigenvalue weighted by atomic mass is 16.2. The second kappa shape index (κ2) is 8.74. The van der Waals surface area contributed by atoms with Gasteiger partial charge in [0.05, 0.1) is 18.7 Å². The van der Waals surface area contributed by atoms with Gasteiger partial charge in [0.2, 0.25) is 0 Å². The van der Waals surface area contributed by atoms with Crippen LogP contribution in [0.25, 0.3) is 11.0 Å². The summed E-state index contributed by atoms with van der Waals surface area (Å²) in [4.78, 5) is 43.3. The lowest BCUT2D eigenvalue weighted by molar-refractivity contribution is -0.116. The van der Waals surface area contributed by atoms with E-state index in [1.165, 1.54) is 15.6 Å². The van der Waals surface area contributed by atoms with Gasteiger partial charge < -0.3 is 5.32 Å². The number of hydrogen-bond acceptors (Lipinski definition) is 5. The van der Waals surface area contributed by atoms with Crippen LogP contribution in [0.3, 0.4) is 0 Å². The Morgan fingerprint density at radius 2 is 1.76 bits per heavy atom. The van der Waals surface area contributed by atoms with Gasteiger partial charge in [-0.1, -0.05) is 48.0 Å². The Balaban J connectivity index is 1.48. The van der Waals surface area contributed by atoms with Crippen molar-refractivity contribution >= 4 is 34.4 Å². The number of nitrogens with zero attached hydrogens (tertiary/aromatic N) is 4. The highest BCUT2D eigenvalue weighted by molar-refractivity contribution is 6.18. The summed E-state index contributed by atoms with van der Waals surface area (Å²) < 4.78 is 1.49. The minimum atomic E-state index is -0.616. The van der Waals surface area contributed by atoms with Crippen molar-refractivity contribution in [1.29, 1.82) is 0 Å². The number of carbonyl (C=O) groups is 2. The molecule has 0 atom stereocenters. The number of rotatable bonds is 4. The first-order chi connectivity index (χ1) is 16.5. The van der Waals surface area contributed by atoms with E-state index >= 15 is 0 Å². The van der Waals surface area contributed by atoms with Gasteiger partial charge in [0, 0.05) is 11.6 Å². The summed E-state index contributed by atoms with van der Waals surface area (Å²) in [6.07, 6.45) is 1.55. The summed E-state index contributed by atoms with van der Waals surface area (Å²) in [6.45, 7) is 2.27. The normalized spacial score (nSPS) is 13.3. The molecule has 34 heavy (non-hydrogen) atoms. The van der Waals surface area contributed by atoms with Crippen molar-refractivity contribution < 1.29 is 9.59 Å². The number of fused-ring (bicyclic) bond motifs is 1. The number of benzene rings is 2. The van der Waals surface area contributed by atoms with E-state index in [9.17, 15) is 14.4 Å². The predicted molar refractivity (Wildman–Crippen MR) is 130 cm³/mol. The Kier molecular flexibility index (Phi) is 5.47. The molecular weight excluding hydrogens is 430 g/mol. The third-order valence-corrected chi connectivity index (χ3v) is 5.59. The first-order valence-electron chi connectivity index (χ1n) is 10.8. The van der Waals surface area contributed by atoms with Gasteiger partial charge in [-0.2, -0.15) is 10.1 Å². The van der Waals surface area contributed by atoms with Crippen LogP contribution in [-0.2, 0) is 11.3 Å². The summed E-state index contributed by atoms with van der Waals surface area (Å²) in [7, 11) is 0. The summed E-state index contributed by atoms with van der Waals surface area (Å²) in [5.74, 6) is -0.689. The van der Waals surface area contributed by atoms with E-state index in [1.807, 2.05) is 37.3 Å². The second-order valence-electron chi connectivity index (χ2n) is 8.07. The molecule has 2 aromatic carbocycles. The molecule has 0 spiro atoms. The number of pyridine rings is 2. The third kappa shape index (κ3) is 4.09. The molecule has 4 aromatic rings. The summed E-state index contributed by atoms with van der Waals surface area (Å²) in [5, 5.41) is 8.79. The fourth-order valence-electron chi connectivity index (χ4n) is 3.86. The van der Waals surface area contributed by atoms with Crippen LogP contribution in [0.15, 0.2) is 88.9 Å². The van der Waals surface area contributed by atoms with E-state index in [0.29, 0.717) is 16.7 Å². The summed E-state index contributed by atoms with van der Waals surface area (Å²) in [6, 6.07) is 21.9. The maximum Gasteiger partial charge on any atom is 0.265 e. The first-order valence-corrected chi connectivity index (χ1v) is 10.8. The fraction of sp³-hybridized carbons (Fsp3) is 0.115. The quantitative estimate of drug-likeness (QED) is 0.515. The Labute approximate surface area is 195 Å². The molecule has 3 heterocycles. The predicted octanol–water partition coefficient (Wildman–Crippen LogP) is 3.23. The van der Waals surface area contributed by atoms with Crippen molar-refractivity contribution in [3.05, 3.63) is 106 Å². The Hall–Kier alpha value is -4.59. The van der Waals surface area contributed by atoms with Gasteiger partial charge in [-0.05, 0) is 42.8 Å². The molecular formula is C26H21N5O3. The van der Waals surface area contributed by atoms with Gasteiger partial charge in [-0.3, -0.25) is 19.0 Å². The van der Waals surface area contributed by atoms with Gasteiger partial charge in [0.25, 0.3) is 17.4 Å². The Morgan fingerprint density at radius 1 is 1.00 bits per heavy atom. The lowest BCUT2D eigenvalue weighted by Gasteiger charge is -2.12. The van der Waals surface area contributed by atoms with Crippen molar-refractivity contribution in [3.8, 4) is 0 Å². The molecule has 0 saturated carbocycles. The number of hydrazone groups is 1. The molecule has 2 amide bonds. The molecule has 0 radical (unpaired) electrons. The van der Waals surface area contributed by atoms with Crippen molar-refractivity contribution in [1.82, 2.24) is 14.9 Å². The van der Waals surface area contributed by atoms with E-state index in [4.69, 9.17) is 0 Å². The molecule has 8 nitrogen and oxygen atoms in total. The number of aromatic nitrogens is 2. The number of carbonyl (C=O) groups excluding carboxylic acids is 2. The SMILES string of the molecule is Cc1ccc(Cn2c(=O)c(C(=O)NC3=NN(c4ccccc4)C(=O)C3)cc3cccnc32)cc1. The van der Waals surface area contributed by atoms with Crippen molar-refractivity contribution in [2.75, 3.05) is 5.01 Å². The first kappa shape index (κ1) is 21.3. The highest BCUT2D eigenvalue weighted by Crippen LogP contribution is 2.19. The van der Waals surface area contributed by atoms with Crippen LogP contribution in [0.5, 0.6) is 0 Å². The molecule has 5 rings (SSSR count). The number of aryl methyl sites for hydroxylation is 1. The zero-order valence-corrected chi connectivity index (χ0v) is 18.4. The molecule has 0 saturated heterocycles. The van der Waals surface area contributed by atoms with Gasteiger partial charge >= 0.3 is 0 Å². The molecule has 1 aliphatic rings. The Morgan fingerprint density at radius 3 is 2.53 bits per heavy atom. The molecule has 168 valence electrons. The molecule has 8 heteroatoms. The second-order valence-corrected chi connectivity index (χ2v) is 8.07. The molecule has 1 N–H and O–H groups in total. The van der Waals surface area contributed by atoms with Gasteiger partial charge in [0.15, 0.2) is 0 Å². The molecule has 1 aliphatic heterocycles.